The molecular weight excluding hydrogens is 269 g/mol. The van der Waals surface area contributed by atoms with E-state index in [1.54, 1.807) is 12.1 Å². The molecule has 0 aliphatic rings. The van der Waals surface area contributed by atoms with Gasteiger partial charge in [0, 0.05) is 13.2 Å². The Balaban J connectivity index is 2.67. The summed E-state index contributed by atoms with van der Waals surface area (Å²) in [5, 5.41) is 10.5. The molecule has 2 N–H and O–H groups in total. The van der Waals surface area contributed by atoms with E-state index in [0.29, 0.717) is 5.75 Å². The van der Waals surface area contributed by atoms with E-state index in [1.165, 1.54) is 7.11 Å². The van der Waals surface area contributed by atoms with Crippen LogP contribution in [0.2, 0.25) is 0 Å². The summed E-state index contributed by atoms with van der Waals surface area (Å²) >= 11 is 0. The number of rotatable bonds is 7. The van der Waals surface area contributed by atoms with Crippen LogP contribution in [0, 0.1) is 6.92 Å². The first-order chi connectivity index (χ1) is 8.86. The van der Waals surface area contributed by atoms with Crippen LogP contribution >= 0.6 is 7.60 Å². The molecule has 6 nitrogen and oxygen atoms in total. The molecule has 2 unspecified atom stereocenters. The number of aliphatic carboxylic acids is 1. The van der Waals surface area contributed by atoms with Gasteiger partial charge in [0.25, 0.3) is 0 Å². The molecule has 0 saturated carbocycles. The molecule has 1 aromatic rings. The van der Waals surface area contributed by atoms with Crippen molar-refractivity contribution < 1.29 is 23.5 Å². The summed E-state index contributed by atoms with van der Waals surface area (Å²) in [7, 11) is -2.15. The molecule has 0 aromatic heterocycles. The van der Waals surface area contributed by atoms with Crippen molar-refractivity contribution in [1.29, 1.82) is 0 Å². The first-order valence-corrected chi connectivity index (χ1v) is 7.46. The van der Waals surface area contributed by atoms with Crippen LogP contribution in [0.15, 0.2) is 24.3 Å². The fraction of sp³-hybridized carbons (Fsp3) is 0.417. The number of nitrogens with two attached hydrogens (primary N) is 1. The Hall–Kier alpha value is -1.36. The number of carbonyl (C=O) groups is 1. The second kappa shape index (κ2) is 6.70. The van der Waals surface area contributed by atoms with Crippen molar-refractivity contribution in [3.05, 3.63) is 29.8 Å². The van der Waals surface area contributed by atoms with Crippen LogP contribution in [0.25, 0.3) is 0 Å². The van der Waals surface area contributed by atoms with E-state index < -0.39 is 19.6 Å². The topological polar surface area (TPSA) is 102 Å². The second-order valence-corrected chi connectivity index (χ2v) is 6.35. The maximum absolute atomic E-state index is 12.2. The Bertz CT molecular complexity index is 474. The molecule has 0 saturated heterocycles. The van der Waals surface area contributed by atoms with E-state index in [9.17, 15) is 14.5 Å². The van der Waals surface area contributed by atoms with Crippen LogP contribution in [0.3, 0.4) is 0 Å². The predicted molar refractivity (Wildman–Crippen MR) is 68.9 cm³/mol. The van der Waals surface area contributed by atoms with Gasteiger partial charge in [-0.05, 0) is 25.5 Å². The average molecular weight is 286 g/mol. The minimum Gasteiger partial charge on any atom is -0.548 e. The summed E-state index contributed by atoms with van der Waals surface area (Å²) < 4.78 is 22.4. The minimum atomic E-state index is -3.40. The molecule has 106 valence electrons. The standard InChI is InChI=1S/C12H18NO5P/c1-9-3-5-10(6-4-9)18-19(16,17-2)8-7-11(13)12(14)15/h3-6,11H,7-8,13H2,1-2H3,(H,14,15)/p-1. The Morgan fingerprint density at radius 2 is 2.00 bits per heavy atom. The molecule has 1 rings (SSSR count). The molecular formula is C12H17NO5P-. The molecule has 0 fully saturated rings. The van der Waals surface area contributed by atoms with Crippen molar-refractivity contribution in [2.75, 3.05) is 13.3 Å². The Labute approximate surface area is 112 Å². The van der Waals surface area contributed by atoms with Gasteiger partial charge in [0.05, 0.1) is 12.1 Å². The van der Waals surface area contributed by atoms with Gasteiger partial charge in [-0.25, -0.2) is 4.57 Å². The quantitative estimate of drug-likeness (QED) is 0.739. The molecule has 1 aromatic carbocycles. The van der Waals surface area contributed by atoms with Gasteiger partial charge >= 0.3 is 7.60 Å². The second-order valence-electron chi connectivity index (χ2n) is 4.14. The molecule has 19 heavy (non-hydrogen) atoms. The van der Waals surface area contributed by atoms with Gasteiger partial charge in [0.15, 0.2) is 0 Å². The maximum Gasteiger partial charge on any atom is 0.378 e. The number of carboxylic acids is 1. The lowest BCUT2D eigenvalue weighted by Gasteiger charge is -2.19. The first-order valence-electron chi connectivity index (χ1n) is 5.74. The highest BCUT2D eigenvalue weighted by Crippen LogP contribution is 2.48. The van der Waals surface area contributed by atoms with E-state index in [1.807, 2.05) is 19.1 Å². The van der Waals surface area contributed by atoms with Crippen molar-refractivity contribution in [3.63, 3.8) is 0 Å². The van der Waals surface area contributed by atoms with Crippen molar-refractivity contribution in [2.45, 2.75) is 19.4 Å². The summed E-state index contributed by atoms with van der Waals surface area (Å²) in [4.78, 5) is 10.5. The normalized spacial score (nSPS) is 15.5. The number of benzene rings is 1. The van der Waals surface area contributed by atoms with Gasteiger partial charge in [0.1, 0.15) is 5.75 Å². The van der Waals surface area contributed by atoms with Crippen molar-refractivity contribution in [1.82, 2.24) is 0 Å². The number of hydrogen-bond donors (Lipinski definition) is 1. The van der Waals surface area contributed by atoms with E-state index in [0.717, 1.165) is 5.56 Å². The van der Waals surface area contributed by atoms with E-state index in [4.69, 9.17) is 14.8 Å². The lowest BCUT2D eigenvalue weighted by Crippen LogP contribution is -2.42. The molecule has 0 aliphatic heterocycles. The highest BCUT2D eigenvalue weighted by molar-refractivity contribution is 7.54. The van der Waals surface area contributed by atoms with Crippen LogP contribution in [0.5, 0.6) is 5.75 Å². The molecule has 0 bridgehead atoms. The molecule has 7 heteroatoms. The monoisotopic (exact) mass is 286 g/mol. The Morgan fingerprint density at radius 3 is 2.47 bits per heavy atom. The molecule has 0 heterocycles. The van der Waals surface area contributed by atoms with Gasteiger partial charge in [0.2, 0.25) is 0 Å². The van der Waals surface area contributed by atoms with E-state index in [-0.39, 0.29) is 12.6 Å². The Morgan fingerprint density at radius 1 is 1.42 bits per heavy atom. The van der Waals surface area contributed by atoms with Crippen molar-refractivity contribution in [2.24, 2.45) is 5.73 Å². The van der Waals surface area contributed by atoms with Gasteiger partial charge in [-0.15, -0.1) is 0 Å². The molecule has 0 spiro atoms. The SMILES string of the molecule is COP(=O)(CCC(N)C(=O)[O-])Oc1ccc(C)cc1. The summed E-state index contributed by atoms with van der Waals surface area (Å²) in [6.45, 7) is 1.92. The number of carbonyl (C=O) groups excluding carboxylic acids is 1. The van der Waals surface area contributed by atoms with Crippen LogP contribution in [-0.4, -0.2) is 25.3 Å². The van der Waals surface area contributed by atoms with Gasteiger partial charge in [-0.2, -0.15) is 0 Å². The van der Waals surface area contributed by atoms with Gasteiger partial charge < -0.3 is 24.7 Å². The average Bonchev–Trinajstić information content (AvgIpc) is 2.38. The van der Waals surface area contributed by atoms with E-state index in [2.05, 4.69) is 0 Å². The Kier molecular flexibility index (Phi) is 5.54. The first kappa shape index (κ1) is 15.7. The van der Waals surface area contributed by atoms with E-state index >= 15 is 0 Å². The summed E-state index contributed by atoms with van der Waals surface area (Å²) in [5.41, 5.74) is 6.34. The van der Waals surface area contributed by atoms with Crippen molar-refractivity contribution >= 4 is 13.6 Å². The number of hydrogen-bond acceptors (Lipinski definition) is 6. The fourth-order valence-corrected chi connectivity index (χ4v) is 2.73. The zero-order valence-electron chi connectivity index (χ0n) is 10.9. The van der Waals surface area contributed by atoms with Gasteiger partial charge in [-0.3, -0.25) is 0 Å². The third kappa shape index (κ3) is 5.03. The molecule has 0 radical (unpaired) electrons. The van der Waals surface area contributed by atoms with Gasteiger partial charge in [-0.1, -0.05) is 17.7 Å². The third-order valence-corrected chi connectivity index (χ3v) is 4.41. The highest BCUT2D eigenvalue weighted by atomic mass is 31.2. The summed E-state index contributed by atoms with van der Waals surface area (Å²) in [5.74, 6) is -0.990. The van der Waals surface area contributed by atoms with Crippen LogP contribution in [0.1, 0.15) is 12.0 Å². The van der Waals surface area contributed by atoms with Crippen LogP contribution < -0.4 is 15.4 Å². The fourth-order valence-electron chi connectivity index (χ4n) is 1.35. The number of aryl methyl sites for hydroxylation is 1. The highest BCUT2D eigenvalue weighted by Gasteiger charge is 2.25. The van der Waals surface area contributed by atoms with Crippen LogP contribution in [-0.2, 0) is 13.9 Å². The summed E-state index contributed by atoms with van der Waals surface area (Å²) in [6.07, 6.45) is -0.133. The predicted octanol–water partition coefficient (Wildman–Crippen LogP) is 0.681. The third-order valence-electron chi connectivity index (χ3n) is 2.56. The zero-order chi connectivity index (χ0) is 14.5. The lowest BCUT2D eigenvalue weighted by atomic mass is 10.2. The zero-order valence-corrected chi connectivity index (χ0v) is 11.8. The smallest absolute Gasteiger partial charge is 0.378 e. The van der Waals surface area contributed by atoms with Crippen molar-refractivity contribution in [3.8, 4) is 5.75 Å². The largest absolute Gasteiger partial charge is 0.548 e. The van der Waals surface area contributed by atoms with Crippen LogP contribution in [0.4, 0.5) is 0 Å². The number of carboxylic acid groups (broad SMARTS) is 1. The molecule has 0 amide bonds. The molecule has 0 aliphatic carbocycles. The minimum absolute atomic E-state index is 0.0423. The lowest BCUT2D eigenvalue weighted by molar-refractivity contribution is -0.307. The molecule has 2 atom stereocenters. The summed E-state index contributed by atoms with van der Waals surface area (Å²) in [6, 6.07) is 5.76. The maximum atomic E-state index is 12.2.